The summed E-state index contributed by atoms with van der Waals surface area (Å²) < 4.78 is 10.2. The molecule has 0 aliphatic heterocycles. The molecule has 5 heteroatoms. The monoisotopic (exact) mass is 234 g/mol. The number of rotatable bonds is 3. The second kappa shape index (κ2) is 5.91. The van der Waals surface area contributed by atoms with E-state index in [0.717, 1.165) is 5.19 Å². The fraction of sp³-hybridized carbons (Fsp3) is 0.400. The van der Waals surface area contributed by atoms with Crippen LogP contribution < -0.4 is 49.0 Å². The van der Waals surface area contributed by atoms with Gasteiger partial charge in [-0.2, -0.15) is 0 Å². The molecule has 78 valence electrons. The Morgan fingerprint density at radius 1 is 1.07 bits per heavy atom. The number of methoxy groups -OCH3 is 2. The molecule has 1 rings (SSSR count). The number of hydrogen-bond acceptors (Lipinski definition) is 3. The summed E-state index contributed by atoms with van der Waals surface area (Å²) in [4.78, 5) is 11.8. The van der Waals surface area contributed by atoms with Gasteiger partial charge in [0.25, 0.3) is 0 Å². The topological polar surface area (TPSA) is 41.5 Å². The van der Waals surface area contributed by atoms with Crippen LogP contribution in [0.1, 0.15) is 0 Å². The standard InChI is InChI=1S/C10H15O3Si.Na/c1-12-9-6-5-8(14(3,4)11)7-10(9)13-2;/h5-7H,1-4H3;/q-1;+1. The van der Waals surface area contributed by atoms with Gasteiger partial charge in [-0.15, -0.1) is 0 Å². The van der Waals surface area contributed by atoms with E-state index in [4.69, 9.17) is 9.47 Å². The third kappa shape index (κ3) is 3.81. The molecule has 0 amide bonds. The zero-order chi connectivity index (χ0) is 10.8. The quantitative estimate of drug-likeness (QED) is 0.542. The number of hydrogen-bond donors (Lipinski definition) is 0. The van der Waals surface area contributed by atoms with E-state index >= 15 is 0 Å². The Bertz CT molecular complexity index is 323. The fourth-order valence-corrected chi connectivity index (χ4v) is 2.17. The molecule has 0 aliphatic carbocycles. The Morgan fingerprint density at radius 2 is 1.60 bits per heavy atom. The van der Waals surface area contributed by atoms with Gasteiger partial charge >= 0.3 is 29.6 Å². The van der Waals surface area contributed by atoms with Crippen LogP contribution in [0.2, 0.25) is 13.1 Å². The molecule has 0 radical (unpaired) electrons. The Kier molecular flexibility index (Phi) is 5.91. The molecular formula is C10H15NaO3Si. The maximum atomic E-state index is 11.8. The van der Waals surface area contributed by atoms with Gasteiger partial charge < -0.3 is 14.3 Å². The smallest absolute Gasteiger partial charge is 0.855 e. The van der Waals surface area contributed by atoms with Gasteiger partial charge in [-0.05, 0) is 20.5 Å². The van der Waals surface area contributed by atoms with Crippen molar-refractivity contribution < 1.29 is 43.8 Å². The third-order valence-electron chi connectivity index (χ3n) is 2.08. The van der Waals surface area contributed by atoms with Crippen molar-refractivity contribution in [3.8, 4) is 11.5 Å². The Labute approximate surface area is 114 Å². The summed E-state index contributed by atoms with van der Waals surface area (Å²) in [5.74, 6) is 1.29. The van der Waals surface area contributed by atoms with E-state index in [1.807, 2.05) is 6.07 Å². The van der Waals surface area contributed by atoms with Gasteiger partial charge in [-0.1, -0.05) is 24.3 Å². The van der Waals surface area contributed by atoms with Gasteiger partial charge in [0.2, 0.25) is 0 Å². The molecule has 0 aromatic heterocycles. The SMILES string of the molecule is COc1ccc([Si](C)(C)[O-])cc1OC.[Na+]. The molecule has 15 heavy (non-hydrogen) atoms. The summed E-state index contributed by atoms with van der Waals surface area (Å²) in [5.41, 5.74) is 0. The first kappa shape index (κ1) is 15.0. The molecule has 3 nitrogen and oxygen atoms in total. The first-order valence-corrected chi connectivity index (χ1v) is 7.33. The molecule has 0 bridgehead atoms. The first-order chi connectivity index (χ1) is 6.49. The van der Waals surface area contributed by atoms with E-state index in [2.05, 4.69) is 0 Å². The zero-order valence-electron chi connectivity index (χ0n) is 9.96. The molecule has 0 saturated heterocycles. The van der Waals surface area contributed by atoms with Crippen molar-refractivity contribution >= 4 is 13.5 Å². The van der Waals surface area contributed by atoms with Crippen molar-refractivity contribution in [3.05, 3.63) is 18.2 Å². The van der Waals surface area contributed by atoms with Crippen molar-refractivity contribution in [2.24, 2.45) is 0 Å². The van der Waals surface area contributed by atoms with Crippen LogP contribution >= 0.6 is 0 Å². The molecule has 0 N–H and O–H groups in total. The Balaban J connectivity index is 0.00000196. The van der Waals surface area contributed by atoms with Crippen LogP contribution in [0.15, 0.2) is 18.2 Å². The molecule has 0 spiro atoms. The summed E-state index contributed by atoms with van der Waals surface area (Å²) in [7, 11) is 0.649. The maximum absolute atomic E-state index is 11.8. The normalized spacial score (nSPS) is 10.5. The molecule has 0 fully saturated rings. The summed E-state index contributed by atoms with van der Waals surface area (Å²) >= 11 is 0. The average molecular weight is 234 g/mol. The molecule has 0 heterocycles. The van der Waals surface area contributed by atoms with E-state index in [-0.39, 0.29) is 29.6 Å². The fourth-order valence-electron chi connectivity index (χ4n) is 1.21. The van der Waals surface area contributed by atoms with Gasteiger partial charge in [0, 0.05) is 0 Å². The number of ether oxygens (including phenoxy) is 2. The first-order valence-electron chi connectivity index (χ1n) is 4.42. The van der Waals surface area contributed by atoms with Crippen LogP contribution in [-0.4, -0.2) is 22.5 Å². The van der Waals surface area contributed by atoms with Gasteiger partial charge in [0.05, 0.1) is 14.2 Å². The van der Waals surface area contributed by atoms with E-state index in [9.17, 15) is 4.80 Å². The summed E-state index contributed by atoms with van der Waals surface area (Å²) in [6.07, 6.45) is 0. The van der Waals surface area contributed by atoms with Crippen molar-refractivity contribution in [2.45, 2.75) is 13.1 Å². The van der Waals surface area contributed by atoms with Crippen molar-refractivity contribution in [3.63, 3.8) is 0 Å². The predicted molar refractivity (Wildman–Crippen MR) is 56.7 cm³/mol. The Hall–Kier alpha value is -0.00312. The van der Waals surface area contributed by atoms with E-state index in [0.29, 0.717) is 11.5 Å². The zero-order valence-corrected chi connectivity index (χ0v) is 13.0. The molecule has 0 unspecified atom stereocenters. The average Bonchev–Trinajstić information content (AvgIpc) is 2.15. The van der Waals surface area contributed by atoms with Gasteiger partial charge in [-0.25, -0.2) is 0 Å². The van der Waals surface area contributed by atoms with Gasteiger partial charge in [0.1, 0.15) is 0 Å². The minimum absolute atomic E-state index is 0. The van der Waals surface area contributed by atoms with E-state index < -0.39 is 8.32 Å². The van der Waals surface area contributed by atoms with Crippen LogP contribution in [-0.2, 0) is 0 Å². The van der Waals surface area contributed by atoms with Crippen LogP contribution in [0, 0.1) is 0 Å². The largest absolute Gasteiger partial charge is 1.00 e. The predicted octanol–water partition coefficient (Wildman–Crippen LogP) is -2.52. The van der Waals surface area contributed by atoms with Crippen LogP contribution in [0.25, 0.3) is 0 Å². The molecule has 1 aromatic rings. The third-order valence-corrected chi connectivity index (χ3v) is 3.78. The summed E-state index contributed by atoms with van der Waals surface area (Å²) in [6, 6.07) is 5.37. The molecule has 0 atom stereocenters. The second-order valence-electron chi connectivity index (χ2n) is 3.58. The molecule has 1 aromatic carbocycles. The molecule has 0 saturated carbocycles. The van der Waals surface area contributed by atoms with Crippen LogP contribution in [0.5, 0.6) is 11.5 Å². The van der Waals surface area contributed by atoms with Crippen LogP contribution in [0.4, 0.5) is 0 Å². The Morgan fingerprint density at radius 3 is 2.00 bits per heavy atom. The minimum atomic E-state index is -2.50. The van der Waals surface area contributed by atoms with Crippen molar-refractivity contribution in [2.75, 3.05) is 14.2 Å². The van der Waals surface area contributed by atoms with E-state index in [1.54, 1.807) is 39.4 Å². The van der Waals surface area contributed by atoms with Gasteiger partial charge in [-0.3, -0.25) is 0 Å². The summed E-state index contributed by atoms with van der Waals surface area (Å²) in [6.45, 7) is 3.52. The summed E-state index contributed by atoms with van der Waals surface area (Å²) in [5, 5.41) is 0.829. The van der Waals surface area contributed by atoms with Crippen molar-refractivity contribution in [1.82, 2.24) is 0 Å². The second-order valence-corrected chi connectivity index (χ2v) is 7.18. The number of benzene rings is 1. The maximum Gasteiger partial charge on any atom is 1.00 e. The molecule has 0 aliphatic rings. The molecular weight excluding hydrogens is 219 g/mol. The van der Waals surface area contributed by atoms with Crippen molar-refractivity contribution in [1.29, 1.82) is 0 Å². The van der Waals surface area contributed by atoms with Gasteiger partial charge in [0.15, 0.2) is 11.5 Å². The van der Waals surface area contributed by atoms with E-state index in [1.165, 1.54) is 0 Å². The van der Waals surface area contributed by atoms with Crippen LogP contribution in [0.3, 0.4) is 0 Å². The minimum Gasteiger partial charge on any atom is -0.855 e.